The van der Waals surface area contributed by atoms with Gasteiger partial charge in [0.05, 0.1) is 22.5 Å². The van der Waals surface area contributed by atoms with Crippen molar-refractivity contribution in [3.8, 4) is 5.75 Å². The van der Waals surface area contributed by atoms with Gasteiger partial charge in [0, 0.05) is 33.3 Å². The van der Waals surface area contributed by atoms with E-state index in [2.05, 4.69) is 5.10 Å². The van der Waals surface area contributed by atoms with Crippen LogP contribution in [0, 0.1) is 17.7 Å². The van der Waals surface area contributed by atoms with Gasteiger partial charge >= 0.3 is 6.09 Å². The van der Waals surface area contributed by atoms with Crippen LogP contribution < -0.4 is 4.74 Å². The number of hydrogen-bond acceptors (Lipinski definition) is 6. The van der Waals surface area contributed by atoms with Crippen LogP contribution in [-0.4, -0.2) is 77.6 Å². The molecule has 292 valence electrons. The first-order chi connectivity index (χ1) is 26.3. The molecule has 12 heteroatoms. The Morgan fingerprint density at radius 1 is 0.982 bits per heavy atom. The molecule has 1 aliphatic heterocycles. The summed E-state index contributed by atoms with van der Waals surface area (Å²) in [5.74, 6) is -0.446. The normalized spacial score (nSPS) is 16.8. The third-order valence-corrected chi connectivity index (χ3v) is 10.1. The van der Waals surface area contributed by atoms with Gasteiger partial charge in [0.25, 0.3) is 0 Å². The molecule has 1 unspecified atom stereocenters. The van der Waals surface area contributed by atoms with Crippen LogP contribution in [0.15, 0.2) is 72.8 Å². The van der Waals surface area contributed by atoms with Gasteiger partial charge in [-0.15, -0.1) is 5.10 Å². The fourth-order valence-corrected chi connectivity index (χ4v) is 7.11. The largest absolute Gasteiger partial charge is 0.492 e. The molecule has 1 aromatic heterocycles. The zero-order valence-electron chi connectivity index (χ0n) is 32.1. The Morgan fingerprint density at radius 2 is 1.73 bits per heavy atom. The number of carbonyl (C=O) groups excluding carboxylic acids is 2. The summed E-state index contributed by atoms with van der Waals surface area (Å²) in [5, 5.41) is 4.96. The van der Waals surface area contributed by atoms with Crippen molar-refractivity contribution in [3.05, 3.63) is 106 Å². The number of likely N-dealkylation sites (N-methyl/N-ethyl adjacent to an activating group) is 1. The molecule has 0 bridgehead atoms. The van der Waals surface area contributed by atoms with Gasteiger partial charge < -0.3 is 24.0 Å². The molecule has 4 aromatic rings. The van der Waals surface area contributed by atoms with Gasteiger partial charge in [-0.2, -0.15) is 4.39 Å². The fraction of sp³-hybridized carbons (Fsp3) is 0.419. The number of carbonyl (C=O) groups is 2. The summed E-state index contributed by atoms with van der Waals surface area (Å²) in [5.41, 5.74) is 4.16. The summed E-state index contributed by atoms with van der Waals surface area (Å²) >= 11 is 6.76. The summed E-state index contributed by atoms with van der Waals surface area (Å²) in [7, 11) is 3.31. The molecule has 6 rings (SSSR count). The average Bonchev–Trinajstić information content (AvgIpc) is 3.45. The van der Waals surface area contributed by atoms with E-state index in [-0.39, 0.29) is 37.7 Å². The first-order valence-electron chi connectivity index (χ1n) is 18.9. The summed E-state index contributed by atoms with van der Waals surface area (Å²) in [6.45, 7) is 6.54. The molecule has 1 saturated carbocycles. The number of ether oxygens (including phenoxy) is 3. The monoisotopic (exact) mass is 774 g/mol. The maximum absolute atomic E-state index is 15.6. The van der Waals surface area contributed by atoms with Crippen LogP contribution in [0.1, 0.15) is 82.2 Å². The predicted octanol–water partition coefficient (Wildman–Crippen LogP) is 9.69. The molecule has 2 heterocycles. The lowest BCUT2D eigenvalue weighted by Gasteiger charge is -2.32. The van der Waals surface area contributed by atoms with Crippen LogP contribution in [0.25, 0.3) is 22.0 Å². The summed E-state index contributed by atoms with van der Waals surface area (Å²) in [6.07, 6.45) is 7.86. The SMILES string of the molecule is CN(C)C(=O)/C=C/CN(CCOc1ccc(/C(=C(\c2ccc(F)cc2Cl)C2CCC2)c2ccc3c(c2)c(F)nn3C2CCCCO2)cc1)C(=O)OC(C)(C)C. The minimum atomic E-state index is -0.697. The Hall–Kier alpha value is -4.74. The minimum absolute atomic E-state index is 0.161. The van der Waals surface area contributed by atoms with Gasteiger partial charge in [0.2, 0.25) is 11.9 Å². The predicted molar refractivity (Wildman–Crippen MR) is 211 cm³/mol. The maximum atomic E-state index is 15.6. The van der Waals surface area contributed by atoms with Crippen LogP contribution in [0.3, 0.4) is 0 Å². The molecule has 2 amide bonds. The Balaban J connectivity index is 1.32. The van der Waals surface area contributed by atoms with Gasteiger partial charge in [-0.05, 0) is 123 Å². The van der Waals surface area contributed by atoms with Crippen LogP contribution in [0.2, 0.25) is 5.02 Å². The Labute approximate surface area is 326 Å². The molecule has 0 spiro atoms. The molecule has 1 saturated heterocycles. The van der Waals surface area contributed by atoms with E-state index in [9.17, 15) is 14.0 Å². The molecular weight excluding hydrogens is 726 g/mol. The van der Waals surface area contributed by atoms with Crippen molar-refractivity contribution < 1.29 is 32.6 Å². The second kappa shape index (κ2) is 17.4. The lowest BCUT2D eigenvalue weighted by atomic mass is 9.73. The van der Waals surface area contributed by atoms with E-state index in [1.807, 2.05) is 42.5 Å². The summed E-state index contributed by atoms with van der Waals surface area (Å²) in [6, 6.07) is 17.8. The van der Waals surface area contributed by atoms with E-state index in [1.165, 1.54) is 28.0 Å². The zero-order valence-corrected chi connectivity index (χ0v) is 32.9. The molecule has 55 heavy (non-hydrogen) atoms. The Kier molecular flexibility index (Phi) is 12.6. The molecule has 2 fully saturated rings. The van der Waals surface area contributed by atoms with Gasteiger partial charge in [-0.3, -0.25) is 4.79 Å². The number of halogens is 3. The minimum Gasteiger partial charge on any atom is -0.492 e. The number of amides is 2. The second-order valence-corrected chi connectivity index (χ2v) is 15.7. The van der Waals surface area contributed by atoms with E-state index in [1.54, 1.807) is 51.7 Å². The van der Waals surface area contributed by atoms with Crippen molar-refractivity contribution in [2.75, 3.05) is 40.4 Å². The summed E-state index contributed by atoms with van der Waals surface area (Å²) in [4.78, 5) is 28.0. The average molecular weight is 775 g/mol. The maximum Gasteiger partial charge on any atom is 0.410 e. The molecule has 9 nitrogen and oxygen atoms in total. The quantitative estimate of drug-likeness (QED) is 0.105. The lowest BCUT2D eigenvalue weighted by Crippen LogP contribution is -2.39. The van der Waals surface area contributed by atoms with Gasteiger partial charge in [0.15, 0.2) is 6.23 Å². The second-order valence-electron chi connectivity index (χ2n) is 15.3. The van der Waals surface area contributed by atoms with Crippen LogP contribution in [0.4, 0.5) is 13.6 Å². The number of rotatable bonds is 12. The third-order valence-electron chi connectivity index (χ3n) is 9.83. The van der Waals surface area contributed by atoms with Crippen molar-refractivity contribution in [2.24, 2.45) is 5.92 Å². The molecule has 0 radical (unpaired) electrons. The Morgan fingerprint density at radius 3 is 2.36 bits per heavy atom. The first kappa shape index (κ1) is 39.9. The highest BCUT2D eigenvalue weighted by atomic mass is 35.5. The van der Waals surface area contributed by atoms with E-state index in [0.29, 0.717) is 28.3 Å². The van der Waals surface area contributed by atoms with Crippen LogP contribution >= 0.6 is 11.6 Å². The fourth-order valence-electron chi connectivity index (χ4n) is 6.84. The van der Waals surface area contributed by atoms with Crippen molar-refractivity contribution in [1.82, 2.24) is 19.6 Å². The van der Waals surface area contributed by atoms with Gasteiger partial charge in [0.1, 0.15) is 23.8 Å². The van der Waals surface area contributed by atoms with E-state index in [4.69, 9.17) is 25.8 Å². The summed E-state index contributed by atoms with van der Waals surface area (Å²) < 4.78 is 49.3. The lowest BCUT2D eigenvalue weighted by molar-refractivity contribution is -0.123. The van der Waals surface area contributed by atoms with Crippen molar-refractivity contribution in [2.45, 2.75) is 71.1 Å². The van der Waals surface area contributed by atoms with Gasteiger partial charge in [-0.1, -0.05) is 48.4 Å². The molecule has 2 aliphatic rings. The van der Waals surface area contributed by atoms with E-state index < -0.39 is 23.5 Å². The number of benzene rings is 3. The number of hydrogen-bond donors (Lipinski definition) is 0. The number of nitrogens with zero attached hydrogens (tertiary/aromatic N) is 4. The number of allylic oxidation sites excluding steroid dienone is 1. The van der Waals surface area contributed by atoms with Crippen molar-refractivity contribution >= 4 is 45.7 Å². The van der Waals surface area contributed by atoms with Crippen molar-refractivity contribution in [1.29, 1.82) is 0 Å². The first-order valence-corrected chi connectivity index (χ1v) is 19.2. The van der Waals surface area contributed by atoms with Crippen LogP contribution in [-0.2, 0) is 14.3 Å². The standard InChI is InChI=1S/C43H49ClF2N4O5/c1-43(2,3)55-42(52)49(22-9-12-37(51)48(4)5)23-25-53-32-18-14-29(15-19-32)39(40(28-10-8-11-28)33-20-17-31(45)27-35(33)44)30-16-21-36-34(26-30)41(46)47-50(36)38-13-6-7-24-54-38/h9,12,14-21,26-28,38H,6-8,10-11,13,22-25H2,1-5H3/b12-9+,40-39+. The van der Waals surface area contributed by atoms with Crippen LogP contribution in [0.5, 0.6) is 5.75 Å². The Bertz CT molecular complexity index is 2060. The number of aromatic nitrogens is 2. The molecule has 0 N–H and O–H groups in total. The van der Waals surface area contributed by atoms with E-state index in [0.717, 1.165) is 66.4 Å². The number of fused-ring (bicyclic) bond motifs is 1. The highest BCUT2D eigenvalue weighted by molar-refractivity contribution is 6.32. The molecule has 1 aliphatic carbocycles. The molecule has 3 aromatic carbocycles. The zero-order chi connectivity index (χ0) is 39.3. The highest BCUT2D eigenvalue weighted by Gasteiger charge is 2.30. The van der Waals surface area contributed by atoms with E-state index >= 15 is 4.39 Å². The van der Waals surface area contributed by atoms with Gasteiger partial charge in [-0.25, -0.2) is 13.9 Å². The molecule has 1 atom stereocenters. The molecular formula is C43H49ClF2N4O5. The highest BCUT2D eigenvalue weighted by Crippen LogP contribution is 2.47. The third kappa shape index (κ3) is 9.74. The topological polar surface area (TPSA) is 86.1 Å². The van der Waals surface area contributed by atoms with Crippen molar-refractivity contribution in [3.63, 3.8) is 0 Å². The smallest absolute Gasteiger partial charge is 0.410 e.